The highest BCUT2D eigenvalue weighted by Gasteiger charge is 2.44. The van der Waals surface area contributed by atoms with Crippen molar-refractivity contribution in [1.82, 2.24) is 5.32 Å². The van der Waals surface area contributed by atoms with E-state index in [9.17, 15) is 4.79 Å². The summed E-state index contributed by atoms with van der Waals surface area (Å²) in [5.74, 6) is -0.182. The second-order valence-corrected chi connectivity index (χ2v) is 4.97. The molecule has 1 atom stereocenters. The van der Waals surface area contributed by atoms with Crippen LogP contribution in [-0.4, -0.2) is 32.8 Å². The van der Waals surface area contributed by atoms with E-state index in [2.05, 4.69) is 5.32 Å². The van der Waals surface area contributed by atoms with Crippen molar-refractivity contribution in [2.45, 2.75) is 26.3 Å². The van der Waals surface area contributed by atoms with E-state index in [-0.39, 0.29) is 11.9 Å². The Morgan fingerprint density at radius 1 is 1.30 bits per heavy atom. The summed E-state index contributed by atoms with van der Waals surface area (Å²) in [6.07, 6.45) is 0. The molecule has 0 aromatic heterocycles. The molecule has 1 aromatic rings. The molecular formula is C16H25NO3. The second-order valence-electron chi connectivity index (χ2n) is 4.97. The minimum Gasteiger partial charge on any atom is -0.464 e. The normalized spacial score (nSPS) is 14.1. The number of ether oxygens (including phenoxy) is 2. The third-order valence-electron chi connectivity index (χ3n) is 3.40. The first-order chi connectivity index (χ1) is 9.59. The van der Waals surface area contributed by atoms with E-state index >= 15 is 0 Å². The van der Waals surface area contributed by atoms with Gasteiger partial charge in [0.1, 0.15) is 5.54 Å². The molecule has 0 spiro atoms. The van der Waals surface area contributed by atoms with Crippen molar-refractivity contribution in [1.29, 1.82) is 0 Å². The van der Waals surface area contributed by atoms with Crippen molar-refractivity contribution in [2.24, 2.45) is 5.92 Å². The van der Waals surface area contributed by atoms with E-state index in [1.165, 1.54) is 0 Å². The lowest BCUT2D eigenvalue weighted by molar-refractivity contribution is -0.154. The van der Waals surface area contributed by atoms with Crippen molar-refractivity contribution < 1.29 is 14.3 Å². The zero-order valence-electron chi connectivity index (χ0n) is 12.8. The summed E-state index contributed by atoms with van der Waals surface area (Å²) < 4.78 is 10.4. The van der Waals surface area contributed by atoms with Gasteiger partial charge in [0.2, 0.25) is 0 Å². The molecule has 0 bridgehead atoms. The Morgan fingerprint density at radius 2 is 1.95 bits per heavy atom. The van der Waals surface area contributed by atoms with Crippen LogP contribution in [0.1, 0.15) is 26.3 Å². The molecule has 0 aliphatic carbocycles. The molecule has 0 saturated heterocycles. The topological polar surface area (TPSA) is 47.6 Å². The Morgan fingerprint density at radius 3 is 2.45 bits per heavy atom. The quantitative estimate of drug-likeness (QED) is 0.586. The molecule has 4 nitrogen and oxygen atoms in total. The summed E-state index contributed by atoms with van der Waals surface area (Å²) in [4.78, 5) is 12.6. The van der Waals surface area contributed by atoms with Gasteiger partial charge in [0.25, 0.3) is 0 Å². The van der Waals surface area contributed by atoms with Gasteiger partial charge in [0.15, 0.2) is 0 Å². The van der Waals surface area contributed by atoms with Crippen molar-refractivity contribution >= 4 is 5.97 Å². The van der Waals surface area contributed by atoms with E-state index in [1.807, 2.05) is 51.1 Å². The summed E-state index contributed by atoms with van der Waals surface area (Å²) in [5, 5.41) is 3.33. The molecular weight excluding hydrogens is 254 g/mol. The lowest BCUT2D eigenvalue weighted by Gasteiger charge is -2.36. The van der Waals surface area contributed by atoms with Crippen molar-refractivity contribution in [3.63, 3.8) is 0 Å². The SMILES string of the molecule is CCOC(=O)C(NCCOC)(c1ccccc1)C(C)C. The molecule has 0 aliphatic rings. The summed E-state index contributed by atoms with van der Waals surface area (Å²) in [6.45, 7) is 7.35. The minimum absolute atomic E-state index is 0.0563. The molecule has 0 amide bonds. The molecule has 0 aliphatic heterocycles. The minimum atomic E-state index is -0.837. The van der Waals surface area contributed by atoms with Gasteiger partial charge < -0.3 is 9.47 Å². The Kier molecular flexibility index (Phi) is 6.68. The molecule has 112 valence electrons. The zero-order valence-corrected chi connectivity index (χ0v) is 12.8. The Bertz CT molecular complexity index is 405. The smallest absolute Gasteiger partial charge is 0.331 e. The highest BCUT2D eigenvalue weighted by Crippen LogP contribution is 2.31. The summed E-state index contributed by atoms with van der Waals surface area (Å²) in [6, 6.07) is 9.72. The molecule has 1 rings (SSSR count). The molecule has 0 radical (unpaired) electrons. The zero-order chi connectivity index (χ0) is 15.0. The number of esters is 1. The average Bonchev–Trinajstić information content (AvgIpc) is 2.44. The largest absolute Gasteiger partial charge is 0.464 e. The van der Waals surface area contributed by atoms with Crippen LogP contribution >= 0.6 is 0 Å². The first-order valence-corrected chi connectivity index (χ1v) is 7.06. The van der Waals surface area contributed by atoms with Crippen LogP contribution < -0.4 is 5.32 Å². The van der Waals surface area contributed by atoms with E-state index in [1.54, 1.807) is 7.11 Å². The van der Waals surface area contributed by atoms with E-state index in [0.29, 0.717) is 19.8 Å². The van der Waals surface area contributed by atoms with Gasteiger partial charge in [-0.3, -0.25) is 5.32 Å². The molecule has 0 saturated carbocycles. The van der Waals surface area contributed by atoms with Crippen LogP contribution in [0.25, 0.3) is 0 Å². The fourth-order valence-electron chi connectivity index (χ4n) is 2.36. The van der Waals surface area contributed by atoms with Crippen LogP contribution in [0.2, 0.25) is 0 Å². The van der Waals surface area contributed by atoms with Crippen LogP contribution in [0.3, 0.4) is 0 Å². The van der Waals surface area contributed by atoms with Gasteiger partial charge in [0, 0.05) is 13.7 Å². The van der Waals surface area contributed by atoms with Crippen LogP contribution in [0.15, 0.2) is 30.3 Å². The van der Waals surface area contributed by atoms with Crippen LogP contribution in [0.5, 0.6) is 0 Å². The highest BCUT2D eigenvalue weighted by atomic mass is 16.5. The number of rotatable bonds is 8. The molecule has 0 heterocycles. The predicted molar refractivity (Wildman–Crippen MR) is 79.5 cm³/mol. The fraction of sp³-hybridized carbons (Fsp3) is 0.562. The average molecular weight is 279 g/mol. The van der Waals surface area contributed by atoms with E-state index in [4.69, 9.17) is 9.47 Å². The van der Waals surface area contributed by atoms with Gasteiger partial charge in [-0.1, -0.05) is 44.2 Å². The number of benzene rings is 1. The number of hydrogen-bond donors (Lipinski definition) is 1. The van der Waals surface area contributed by atoms with Crippen LogP contribution in [-0.2, 0) is 19.8 Å². The van der Waals surface area contributed by atoms with Gasteiger partial charge in [-0.05, 0) is 18.4 Å². The third-order valence-corrected chi connectivity index (χ3v) is 3.40. The molecule has 20 heavy (non-hydrogen) atoms. The monoisotopic (exact) mass is 279 g/mol. The molecule has 1 aromatic carbocycles. The Labute approximate surface area is 121 Å². The van der Waals surface area contributed by atoms with Crippen molar-refractivity contribution in [2.75, 3.05) is 26.9 Å². The third kappa shape index (κ3) is 3.58. The molecule has 1 unspecified atom stereocenters. The molecule has 0 fully saturated rings. The highest BCUT2D eigenvalue weighted by molar-refractivity contribution is 5.83. The van der Waals surface area contributed by atoms with E-state index < -0.39 is 5.54 Å². The Hall–Kier alpha value is -1.39. The molecule has 1 N–H and O–H groups in total. The number of methoxy groups -OCH3 is 1. The van der Waals surface area contributed by atoms with Gasteiger partial charge >= 0.3 is 5.97 Å². The fourth-order valence-corrected chi connectivity index (χ4v) is 2.36. The maximum Gasteiger partial charge on any atom is 0.331 e. The number of carbonyl (C=O) groups excluding carboxylic acids is 1. The lowest BCUT2D eigenvalue weighted by Crippen LogP contribution is -2.54. The predicted octanol–water partition coefficient (Wildman–Crippen LogP) is 2.34. The summed E-state index contributed by atoms with van der Waals surface area (Å²) in [7, 11) is 1.64. The maximum atomic E-state index is 12.6. The van der Waals surface area contributed by atoms with Crippen LogP contribution in [0, 0.1) is 5.92 Å². The summed E-state index contributed by atoms with van der Waals surface area (Å²) >= 11 is 0. The second kappa shape index (κ2) is 8.02. The van der Waals surface area contributed by atoms with Gasteiger partial charge in [-0.2, -0.15) is 0 Å². The van der Waals surface area contributed by atoms with Gasteiger partial charge in [-0.25, -0.2) is 4.79 Å². The molecule has 4 heteroatoms. The summed E-state index contributed by atoms with van der Waals surface area (Å²) in [5.41, 5.74) is 0.0834. The first-order valence-electron chi connectivity index (χ1n) is 7.06. The Balaban J connectivity index is 3.16. The van der Waals surface area contributed by atoms with Gasteiger partial charge in [0.05, 0.1) is 13.2 Å². The van der Waals surface area contributed by atoms with E-state index in [0.717, 1.165) is 5.56 Å². The van der Waals surface area contributed by atoms with Gasteiger partial charge in [-0.15, -0.1) is 0 Å². The maximum absolute atomic E-state index is 12.6. The van der Waals surface area contributed by atoms with Crippen LogP contribution in [0.4, 0.5) is 0 Å². The number of nitrogens with one attached hydrogen (secondary N) is 1. The standard InChI is InChI=1S/C16H25NO3/c1-5-20-15(18)16(13(2)3,17-11-12-19-4)14-9-7-6-8-10-14/h6-10,13,17H,5,11-12H2,1-4H3. The number of carbonyl (C=O) groups is 1. The van der Waals surface area contributed by atoms with Crippen molar-refractivity contribution in [3.05, 3.63) is 35.9 Å². The first kappa shape index (κ1) is 16.7. The van der Waals surface area contributed by atoms with Crippen molar-refractivity contribution in [3.8, 4) is 0 Å². The lowest BCUT2D eigenvalue weighted by atomic mass is 9.79. The number of hydrogen-bond acceptors (Lipinski definition) is 4.